The van der Waals surface area contributed by atoms with Crippen LogP contribution in [0.4, 0.5) is 11.4 Å². The number of amides is 1. The molecule has 0 fully saturated rings. The van der Waals surface area contributed by atoms with E-state index in [0.29, 0.717) is 23.7 Å². The molecule has 1 amide bonds. The summed E-state index contributed by atoms with van der Waals surface area (Å²) >= 11 is 2.20. The second-order valence-electron chi connectivity index (χ2n) is 7.23. The zero-order valence-electron chi connectivity index (χ0n) is 18.1. The number of rotatable bonds is 8. The van der Waals surface area contributed by atoms with Crippen LogP contribution >= 0.6 is 22.6 Å². The summed E-state index contributed by atoms with van der Waals surface area (Å²) in [6, 6.07) is 19.0. The summed E-state index contributed by atoms with van der Waals surface area (Å²) in [5.74, 6) is -0.0553. The Hall–Kier alpha value is -2.59. The molecule has 0 aliphatic heterocycles. The minimum Gasteiger partial charge on any atom is -0.492 e. The maximum Gasteiger partial charge on any atom is 0.264 e. The summed E-state index contributed by atoms with van der Waals surface area (Å²) in [6.07, 6.45) is 0. The maximum atomic E-state index is 13.6. The van der Waals surface area contributed by atoms with Gasteiger partial charge in [0.2, 0.25) is 5.91 Å². The number of sulfonamides is 1. The van der Waals surface area contributed by atoms with Crippen LogP contribution < -0.4 is 14.4 Å². The van der Waals surface area contributed by atoms with E-state index in [-0.39, 0.29) is 4.90 Å². The minimum absolute atomic E-state index is 0.104. The van der Waals surface area contributed by atoms with Gasteiger partial charge in [-0.2, -0.15) is 0 Å². The lowest BCUT2D eigenvalue weighted by molar-refractivity contribution is -0.114. The summed E-state index contributed by atoms with van der Waals surface area (Å²) in [7, 11) is -4.02. The molecule has 0 aliphatic carbocycles. The van der Waals surface area contributed by atoms with Crippen LogP contribution in [0.25, 0.3) is 0 Å². The molecular formula is C24H25IN2O4S. The molecule has 1 N–H and O–H groups in total. The Morgan fingerprint density at radius 2 is 1.72 bits per heavy atom. The van der Waals surface area contributed by atoms with Crippen LogP contribution in [-0.2, 0) is 14.8 Å². The first-order chi connectivity index (χ1) is 15.2. The largest absolute Gasteiger partial charge is 0.492 e. The van der Waals surface area contributed by atoms with Gasteiger partial charge in [0.15, 0.2) is 0 Å². The zero-order chi connectivity index (χ0) is 23.3. The van der Waals surface area contributed by atoms with Gasteiger partial charge in [0.25, 0.3) is 10.0 Å². The van der Waals surface area contributed by atoms with Gasteiger partial charge >= 0.3 is 0 Å². The van der Waals surface area contributed by atoms with E-state index < -0.39 is 22.5 Å². The molecule has 0 atom stereocenters. The molecule has 0 saturated heterocycles. The van der Waals surface area contributed by atoms with Crippen molar-refractivity contribution in [2.75, 3.05) is 22.8 Å². The van der Waals surface area contributed by atoms with Gasteiger partial charge in [-0.05, 0) is 91.4 Å². The topological polar surface area (TPSA) is 75.7 Å². The highest BCUT2D eigenvalue weighted by atomic mass is 127. The molecule has 0 spiro atoms. The molecular weight excluding hydrogens is 539 g/mol. The average Bonchev–Trinajstić information content (AvgIpc) is 2.75. The highest BCUT2D eigenvalue weighted by Crippen LogP contribution is 2.32. The number of nitrogens with zero attached hydrogens (tertiary/aromatic N) is 1. The lowest BCUT2D eigenvalue weighted by Crippen LogP contribution is -2.38. The second-order valence-corrected chi connectivity index (χ2v) is 10.3. The highest BCUT2D eigenvalue weighted by Gasteiger charge is 2.29. The molecule has 0 unspecified atom stereocenters. The molecule has 8 heteroatoms. The van der Waals surface area contributed by atoms with E-state index >= 15 is 0 Å². The number of ether oxygens (including phenoxy) is 1. The fourth-order valence-corrected chi connectivity index (χ4v) is 5.24. The van der Waals surface area contributed by atoms with Crippen molar-refractivity contribution in [3.63, 3.8) is 0 Å². The van der Waals surface area contributed by atoms with Gasteiger partial charge in [-0.25, -0.2) is 8.42 Å². The van der Waals surface area contributed by atoms with Crippen molar-refractivity contribution in [2.24, 2.45) is 0 Å². The molecule has 6 nitrogen and oxygen atoms in total. The maximum absolute atomic E-state index is 13.6. The van der Waals surface area contributed by atoms with E-state index in [4.69, 9.17) is 4.74 Å². The van der Waals surface area contributed by atoms with Gasteiger partial charge in [-0.3, -0.25) is 9.10 Å². The number of benzene rings is 3. The summed E-state index contributed by atoms with van der Waals surface area (Å²) in [6.45, 7) is 5.56. The predicted octanol–water partition coefficient (Wildman–Crippen LogP) is 5.14. The Morgan fingerprint density at radius 3 is 2.38 bits per heavy atom. The molecule has 0 aromatic heterocycles. The van der Waals surface area contributed by atoms with E-state index in [1.54, 1.807) is 48.5 Å². The van der Waals surface area contributed by atoms with Crippen LogP contribution in [0.1, 0.15) is 18.1 Å². The number of carbonyl (C=O) groups is 1. The minimum atomic E-state index is -4.02. The van der Waals surface area contributed by atoms with E-state index in [0.717, 1.165) is 19.0 Å². The fraction of sp³-hybridized carbons (Fsp3) is 0.208. The number of anilines is 2. The van der Waals surface area contributed by atoms with Gasteiger partial charge in [-0.15, -0.1) is 0 Å². The Kier molecular flexibility index (Phi) is 7.78. The van der Waals surface area contributed by atoms with Crippen LogP contribution in [0.5, 0.6) is 5.75 Å². The highest BCUT2D eigenvalue weighted by molar-refractivity contribution is 14.1. The van der Waals surface area contributed by atoms with Gasteiger partial charge in [0.05, 0.1) is 17.2 Å². The number of carbonyl (C=O) groups excluding carboxylic acids is 1. The van der Waals surface area contributed by atoms with Gasteiger partial charge < -0.3 is 10.1 Å². The van der Waals surface area contributed by atoms with Crippen molar-refractivity contribution in [2.45, 2.75) is 25.7 Å². The molecule has 3 aromatic carbocycles. The molecule has 0 saturated carbocycles. The molecule has 3 rings (SSSR count). The van der Waals surface area contributed by atoms with Crippen LogP contribution in [0, 0.1) is 17.4 Å². The van der Waals surface area contributed by atoms with Crippen LogP contribution in [0.3, 0.4) is 0 Å². The number of aryl methyl sites for hydroxylation is 2. The zero-order valence-corrected chi connectivity index (χ0v) is 21.1. The smallest absolute Gasteiger partial charge is 0.264 e. The Balaban J connectivity index is 2.01. The third kappa shape index (κ3) is 5.60. The van der Waals surface area contributed by atoms with E-state index in [1.807, 2.05) is 39.0 Å². The van der Waals surface area contributed by atoms with E-state index in [2.05, 4.69) is 27.9 Å². The third-order valence-electron chi connectivity index (χ3n) is 4.79. The molecule has 0 bridgehead atoms. The molecule has 168 valence electrons. The van der Waals surface area contributed by atoms with Gasteiger partial charge in [-0.1, -0.05) is 29.8 Å². The van der Waals surface area contributed by atoms with Crippen molar-refractivity contribution in [1.29, 1.82) is 0 Å². The summed E-state index contributed by atoms with van der Waals surface area (Å²) in [5.41, 5.74) is 2.79. The van der Waals surface area contributed by atoms with Crippen LogP contribution in [0.15, 0.2) is 71.6 Å². The summed E-state index contributed by atoms with van der Waals surface area (Å²) in [5, 5.41) is 2.83. The first kappa shape index (κ1) is 24.1. The third-order valence-corrected chi connectivity index (χ3v) is 7.24. The molecule has 0 aliphatic rings. The standard InChI is InChI=1S/C24H25IN2O4S/c1-4-31-23-8-6-5-7-22(23)27(32(29,30)20-12-9-17(2)10-13-20)16-24(28)26-21-14-11-19(25)15-18(21)3/h5-15H,4,16H2,1-3H3,(H,26,28). The van der Waals surface area contributed by atoms with E-state index in [9.17, 15) is 13.2 Å². The van der Waals surface area contributed by atoms with Crippen molar-refractivity contribution < 1.29 is 17.9 Å². The molecule has 32 heavy (non-hydrogen) atoms. The van der Waals surface area contributed by atoms with Crippen molar-refractivity contribution in [3.05, 3.63) is 81.4 Å². The van der Waals surface area contributed by atoms with Crippen molar-refractivity contribution in [1.82, 2.24) is 0 Å². The second kappa shape index (κ2) is 10.4. The summed E-state index contributed by atoms with van der Waals surface area (Å²) in [4.78, 5) is 13.1. The molecule has 0 radical (unpaired) electrons. The number of hydrogen-bond acceptors (Lipinski definition) is 4. The van der Waals surface area contributed by atoms with Gasteiger partial charge in [0, 0.05) is 9.26 Å². The predicted molar refractivity (Wildman–Crippen MR) is 136 cm³/mol. The number of nitrogens with one attached hydrogen (secondary N) is 1. The molecule has 0 heterocycles. The van der Waals surface area contributed by atoms with Crippen LogP contribution in [-0.4, -0.2) is 27.5 Å². The van der Waals surface area contributed by atoms with Crippen LogP contribution in [0.2, 0.25) is 0 Å². The normalized spacial score (nSPS) is 11.1. The van der Waals surface area contributed by atoms with Gasteiger partial charge in [0.1, 0.15) is 12.3 Å². The lowest BCUT2D eigenvalue weighted by Gasteiger charge is -2.26. The Bertz CT molecular complexity index is 1210. The van der Waals surface area contributed by atoms with Crippen molar-refractivity contribution >= 4 is 49.9 Å². The first-order valence-electron chi connectivity index (χ1n) is 10.1. The monoisotopic (exact) mass is 564 g/mol. The SMILES string of the molecule is CCOc1ccccc1N(CC(=O)Nc1ccc(I)cc1C)S(=O)(=O)c1ccc(C)cc1. The first-order valence-corrected chi connectivity index (χ1v) is 12.6. The fourth-order valence-electron chi connectivity index (χ4n) is 3.17. The van der Waals surface area contributed by atoms with E-state index in [1.165, 1.54) is 0 Å². The number of halogens is 1. The molecule has 3 aromatic rings. The number of para-hydroxylation sites is 2. The Morgan fingerprint density at radius 1 is 1.03 bits per heavy atom. The summed E-state index contributed by atoms with van der Waals surface area (Å²) < 4.78 is 35.0. The Labute approximate surface area is 202 Å². The number of hydrogen-bond donors (Lipinski definition) is 1. The lowest BCUT2D eigenvalue weighted by atomic mass is 10.2. The average molecular weight is 564 g/mol. The quantitative estimate of drug-likeness (QED) is 0.385. The van der Waals surface area contributed by atoms with Crippen molar-refractivity contribution in [3.8, 4) is 5.75 Å².